The van der Waals surface area contributed by atoms with Crippen molar-refractivity contribution in [2.45, 2.75) is 19.3 Å². The summed E-state index contributed by atoms with van der Waals surface area (Å²) in [4.78, 5) is 6.49. The third-order valence-electron chi connectivity index (χ3n) is 7.14. The molecular weight excluding hydrogens is 438 g/mol. The van der Waals surface area contributed by atoms with Gasteiger partial charge in [-0.3, -0.25) is 0 Å². The summed E-state index contributed by atoms with van der Waals surface area (Å²) in [6.07, 6.45) is 1.69. The highest BCUT2D eigenvalue weighted by atomic mass is 15.2. The van der Waals surface area contributed by atoms with Gasteiger partial charge in [0.05, 0.1) is 11.4 Å². The highest BCUT2D eigenvalue weighted by molar-refractivity contribution is 5.87. The summed E-state index contributed by atoms with van der Waals surface area (Å²) in [7, 11) is 0. The van der Waals surface area contributed by atoms with Crippen LogP contribution in [-0.4, -0.2) is 4.98 Å². The summed E-state index contributed by atoms with van der Waals surface area (Å²) in [6, 6.07) is 40.5. The van der Waals surface area contributed by atoms with Gasteiger partial charge in [0.1, 0.15) is 11.8 Å². The molecule has 1 aliphatic heterocycles. The fraction of sp³-hybridized carbons (Fsp3) is 0.0909. The maximum atomic E-state index is 9.25. The van der Waals surface area contributed by atoms with Gasteiger partial charge in [0.2, 0.25) is 0 Å². The highest BCUT2D eigenvalue weighted by Gasteiger charge is 2.36. The Labute approximate surface area is 211 Å². The third-order valence-corrected chi connectivity index (χ3v) is 7.14. The number of para-hydroxylation sites is 2. The molecule has 0 saturated heterocycles. The second kappa shape index (κ2) is 8.52. The summed E-state index contributed by atoms with van der Waals surface area (Å²) in [5.74, 6) is 0. The predicted molar refractivity (Wildman–Crippen MR) is 147 cm³/mol. The van der Waals surface area contributed by atoms with Crippen LogP contribution in [-0.2, 0) is 5.41 Å². The molecule has 36 heavy (non-hydrogen) atoms. The second-order valence-corrected chi connectivity index (χ2v) is 9.67. The molecular formula is C33H25N3. The SMILES string of the molecule is CC1(C)c2ccccc2N(c2cccc(-c3cccc(-c4ccnc(C#N)c4)c3)c2)c2ccccc21. The molecule has 0 unspecified atom stereocenters. The molecule has 0 fully saturated rings. The van der Waals surface area contributed by atoms with Crippen molar-refractivity contribution in [1.29, 1.82) is 5.26 Å². The van der Waals surface area contributed by atoms with E-state index in [1.165, 1.54) is 22.5 Å². The molecule has 0 bridgehead atoms. The summed E-state index contributed by atoms with van der Waals surface area (Å²) in [5, 5.41) is 9.25. The normalized spacial score (nSPS) is 13.4. The van der Waals surface area contributed by atoms with Crippen LogP contribution in [0.2, 0.25) is 0 Å². The van der Waals surface area contributed by atoms with Crippen LogP contribution in [0.15, 0.2) is 115 Å². The first-order chi connectivity index (χ1) is 17.6. The van der Waals surface area contributed by atoms with Crippen molar-refractivity contribution in [2.75, 3.05) is 4.90 Å². The van der Waals surface area contributed by atoms with Crippen molar-refractivity contribution in [1.82, 2.24) is 4.98 Å². The van der Waals surface area contributed by atoms with Crippen molar-refractivity contribution in [3.8, 4) is 28.3 Å². The van der Waals surface area contributed by atoms with E-state index in [1.54, 1.807) is 6.20 Å². The topological polar surface area (TPSA) is 39.9 Å². The minimum atomic E-state index is -0.0809. The van der Waals surface area contributed by atoms with Crippen LogP contribution in [0.1, 0.15) is 30.7 Å². The highest BCUT2D eigenvalue weighted by Crippen LogP contribution is 2.51. The number of fused-ring (bicyclic) bond motifs is 2. The van der Waals surface area contributed by atoms with Crippen LogP contribution in [0.3, 0.4) is 0 Å². The molecule has 0 saturated carbocycles. The largest absolute Gasteiger partial charge is 0.310 e. The Morgan fingerprint density at radius 1 is 0.639 bits per heavy atom. The van der Waals surface area contributed by atoms with E-state index in [0.717, 1.165) is 27.9 Å². The molecule has 172 valence electrons. The quantitative estimate of drug-likeness (QED) is 0.270. The lowest BCUT2D eigenvalue weighted by molar-refractivity contribution is 0.632. The van der Waals surface area contributed by atoms with E-state index in [9.17, 15) is 5.26 Å². The molecule has 0 N–H and O–H groups in total. The van der Waals surface area contributed by atoms with Crippen molar-refractivity contribution in [3.05, 3.63) is 132 Å². The van der Waals surface area contributed by atoms with Crippen molar-refractivity contribution in [3.63, 3.8) is 0 Å². The van der Waals surface area contributed by atoms with E-state index in [2.05, 4.69) is 127 Å². The molecule has 6 rings (SSSR count). The van der Waals surface area contributed by atoms with Crippen LogP contribution in [0.4, 0.5) is 17.1 Å². The van der Waals surface area contributed by atoms with Gasteiger partial charge in [-0.05, 0) is 75.8 Å². The van der Waals surface area contributed by atoms with E-state index in [4.69, 9.17) is 0 Å². The molecule has 0 radical (unpaired) electrons. The number of pyridine rings is 1. The molecule has 3 nitrogen and oxygen atoms in total. The number of anilines is 3. The lowest BCUT2D eigenvalue weighted by Crippen LogP contribution is -2.30. The fourth-order valence-corrected chi connectivity index (χ4v) is 5.32. The average Bonchev–Trinajstić information content (AvgIpc) is 2.94. The van der Waals surface area contributed by atoms with Gasteiger partial charge in [-0.25, -0.2) is 4.98 Å². The first-order valence-electron chi connectivity index (χ1n) is 12.1. The second-order valence-electron chi connectivity index (χ2n) is 9.67. The fourth-order valence-electron chi connectivity index (χ4n) is 5.32. The van der Waals surface area contributed by atoms with Gasteiger partial charge in [-0.2, -0.15) is 5.26 Å². The number of nitrogens with zero attached hydrogens (tertiary/aromatic N) is 3. The van der Waals surface area contributed by atoms with Gasteiger partial charge in [0.25, 0.3) is 0 Å². The van der Waals surface area contributed by atoms with Gasteiger partial charge in [0, 0.05) is 17.3 Å². The number of nitriles is 1. The molecule has 0 amide bonds. The first-order valence-corrected chi connectivity index (χ1v) is 12.1. The van der Waals surface area contributed by atoms with Crippen molar-refractivity contribution in [2.24, 2.45) is 0 Å². The number of aromatic nitrogens is 1. The summed E-state index contributed by atoms with van der Waals surface area (Å²) < 4.78 is 0. The van der Waals surface area contributed by atoms with E-state index < -0.39 is 0 Å². The third kappa shape index (κ3) is 3.56. The van der Waals surface area contributed by atoms with Crippen LogP contribution in [0, 0.1) is 11.3 Å². The van der Waals surface area contributed by atoms with Gasteiger partial charge < -0.3 is 4.90 Å². The number of hydrogen-bond donors (Lipinski definition) is 0. The maximum absolute atomic E-state index is 9.25. The first kappa shape index (κ1) is 21.8. The minimum Gasteiger partial charge on any atom is -0.310 e. The zero-order valence-corrected chi connectivity index (χ0v) is 20.3. The lowest BCUT2D eigenvalue weighted by atomic mass is 9.73. The predicted octanol–water partition coefficient (Wildman–Crippen LogP) is 8.40. The zero-order chi connectivity index (χ0) is 24.7. The monoisotopic (exact) mass is 463 g/mol. The average molecular weight is 464 g/mol. The smallest absolute Gasteiger partial charge is 0.141 e. The van der Waals surface area contributed by atoms with E-state index in [1.807, 2.05) is 12.1 Å². The Hall–Kier alpha value is -4.68. The molecule has 3 heteroatoms. The Balaban J connectivity index is 1.47. The molecule has 0 spiro atoms. The Morgan fingerprint density at radius 2 is 1.19 bits per heavy atom. The van der Waals surface area contributed by atoms with Gasteiger partial charge in [0.15, 0.2) is 0 Å². The Kier molecular flexibility index (Phi) is 5.16. The number of hydrogen-bond acceptors (Lipinski definition) is 3. The van der Waals surface area contributed by atoms with E-state index in [-0.39, 0.29) is 5.41 Å². The summed E-state index contributed by atoms with van der Waals surface area (Å²) in [6.45, 7) is 4.61. The summed E-state index contributed by atoms with van der Waals surface area (Å²) >= 11 is 0. The van der Waals surface area contributed by atoms with E-state index >= 15 is 0 Å². The Morgan fingerprint density at radius 3 is 1.83 bits per heavy atom. The van der Waals surface area contributed by atoms with Crippen LogP contribution in [0.5, 0.6) is 0 Å². The molecule has 5 aromatic rings. The maximum Gasteiger partial charge on any atom is 0.141 e. The zero-order valence-electron chi connectivity index (χ0n) is 20.3. The number of rotatable bonds is 3. The van der Waals surface area contributed by atoms with Gasteiger partial charge in [-0.15, -0.1) is 0 Å². The molecule has 1 aliphatic rings. The van der Waals surface area contributed by atoms with Crippen LogP contribution < -0.4 is 4.90 Å². The molecule has 4 aromatic carbocycles. The minimum absolute atomic E-state index is 0.0809. The van der Waals surface area contributed by atoms with E-state index in [0.29, 0.717) is 5.69 Å². The van der Waals surface area contributed by atoms with Gasteiger partial charge in [-0.1, -0.05) is 80.6 Å². The standard InChI is InChI=1S/C33H25N3/c1-33(2)29-13-3-5-15-31(29)36(32-16-6-4-14-30(32)33)28-12-8-11-25(21-28)23-9-7-10-24(19-23)26-17-18-35-27(20-26)22-34/h3-21H,1-2H3. The van der Waals surface area contributed by atoms with Gasteiger partial charge >= 0.3 is 0 Å². The molecule has 1 aromatic heterocycles. The molecule has 2 heterocycles. The molecule has 0 atom stereocenters. The van der Waals surface area contributed by atoms with Crippen LogP contribution >= 0.6 is 0 Å². The van der Waals surface area contributed by atoms with Crippen LogP contribution in [0.25, 0.3) is 22.3 Å². The lowest BCUT2D eigenvalue weighted by Gasteiger charge is -2.42. The number of benzene rings is 4. The molecule has 0 aliphatic carbocycles. The van der Waals surface area contributed by atoms with Crippen molar-refractivity contribution < 1.29 is 0 Å². The van der Waals surface area contributed by atoms with Crippen molar-refractivity contribution >= 4 is 17.1 Å². The summed E-state index contributed by atoms with van der Waals surface area (Å²) in [5.41, 5.74) is 10.9. The Bertz CT molecular complexity index is 1590.